The Hall–Kier alpha value is -2.04. The van der Waals surface area contributed by atoms with Crippen molar-refractivity contribution in [3.8, 4) is 0 Å². The Morgan fingerprint density at radius 2 is 2.05 bits per heavy atom. The predicted molar refractivity (Wildman–Crippen MR) is 75.3 cm³/mol. The third-order valence-corrected chi connectivity index (χ3v) is 3.89. The van der Waals surface area contributed by atoms with Crippen molar-refractivity contribution in [3.05, 3.63) is 35.4 Å². The van der Waals surface area contributed by atoms with E-state index in [-0.39, 0.29) is 12.6 Å². The highest BCUT2D eigenvalue weighted by molar-refractivity contribution is 5.78. The smallest absolute Gasteiger partial charge is 0.315 e. The quantitative estimate of drug-likeness (QED) is 0.770. The van der Waals surface area contributed by atoms with E-state index in [0.29, 0.717) is 19.4 Å². The molecule has 2 amide bonds. The van der Waals surface area contributed by atoms with E-state index in [1.165, 1.54) is 0 Å². The Labute approximate surface area is 118 Å². The summed E-state index contributed by atoms with van der Waals surface area (Å²) >= 11 is 0. The molecule has 0 spiro atoms. The van der Waals surface area contributed by atoms with Crippen molar-refractivity contribution >= 4 is 12.0 Å². The Bertz CT molecular complexity index is 510. The standard InChI is InChI=1S/C15H20N2O3/c1-11-4-2-5-12(8-11)9-16-14(20)17-10-15(13(18)19)6-3-7-15/h2,4-5,8H,3,6-7,9-10H2,1H3,(H,18,19)(H2,16,17,20). The average Bonchev–Trinajstić information content (AvgIpc) is 2.34. The molecule has 20 heavy (non-hydrogen) atoms. The zero-order chi connectivity index (χ0) is 14.6. The molecule has 2 rings (SSSR count). The molecule has 0 aliphatic heterocycles. The Morgan fingerprint density at radius 1 is 1.30 bits per heavy atom. The summed E-state index contributed by atoms with van der Waals surface area (Å²) < 4.78 is 0. The van der Waals surface area contributed by atoms with Crippen LogP contribution in [0.2, 0.25) is 0 Å². The minimum absolute atomic E-state index is 0.196. The lowest BCUT2D eigenvalue weighted by atomic mass is 9.69. The zero-order valence-electron chi connectivity index (χ0n) is 11.6. The number of amides is 2. The third kappa shape index (κ3) is 3.29. The molecular weight excluding hydrogens is 256 g/mol. The van der Waals surface area contributed by atoms with Crippen LogP contribution in [0.5, 0.6) is 0 Å². The van der Waals surface area contributed by atoms with Crippen LogP contribution in [0.25, 0.3) is 0 Å². The SMILES string of the molecule is Cc1cccc(CNC(=O)NCC2(C(=O)O)CCC2)c1. The maximum Gasteiger partial charge on any atom is 0.315 e. The number of carbonyl (C=O) groups is 2. The maximum atomic E-state index is 11.7. The van der Waals surface area contributed by atoms with E-state index in [9.17, 15) is 9.59 Å². The van der Waals surface area contributed by atoms with E-state index >= 15 is 0 Å². The number of hydrogen-bond donors (Lipinski definition) is 3. The van der Waals surface area contributed by atoms with Crippen molar-refractivity contribution in [1.82, 2.24) is 10.6 Å². The van der Waals surface area contributed by atoms with Crippen molar-refractivity contribution in [2.24, 2.45) is 5.41 Å². The number of benzene rings is 1. The summed E-state index contributed by atoms with van der Waals surface area (Å²) in [5.41, 5.74) is 1.42. The summed E-state index contributed by atoms with van der Waals surface area (Å²) in [6.07, 6.45) is 2.19. The van der Waals surface area contributed by atoms with Gasteiger partial charge in [-0.1, -0.05) is 36.2 Å². The van der Waals surface area contributed by atoms with Gasteiger partial charge in [-0.05, 0) is 25.3 Å². The van der Waals surface area contributed by atoms with Gasteiger partial charge >= 0.3 is 12.0 Å². The van der Waals surface area contributed by atoms with Gasteiger partial charge in [-0.3, -0.25) is 4.79 Å². The lowest BCUT2D eigenvalue weighted by molar-refractivity contribution is -0.153. The molecule has 0 bridgehead atoms. The number of rotatable bonds is 5. The molecule has 3 N–H and O–H groups in total. The second-order valence-corrected chi connectivity index (χ2v) is 5.46. The first-order chi connectivity index (χ1) is 9.52. The highest BCUT2D eigenvalue weighted by Crippen LogP contribution is 2.40. The number of carboxylic acids is 1. The highest BCUT2D eigenvalue weighted by Gasteiger charge is 2.44. The fourth-order valence-electron chi connectivity index (χ4n) is 2.39. The van der Waals surface area contributed by atoms with Gasteiger partial charge in [-0.15, -0.1) is 0 Å². The lowest BCUT2D eigenvalue weighted by Crippen LogP contribution is -2.49. The summed E-state index contributed by atoms with van der Waals surface area (Å²) in [5, 5.41) is 14.6. The zero-order valence-corrected chi connectivity index (χ0v) is 11.6. The number of hydrogen-bond acceptors (Lipinski definition) is 2. The summed E-state index contributed by atoms with van der Waals surface area (Å²) in [5.74, 6) is -0.817. The topological polar surface area (TPSA) is 78.4 Å². The second-order valence-electron chi connectivity index (χ2n) is 5.46. The van der Waals surface area contributed by atoms with E-state index < -0.39 is 11.4 Å². The van der Waals surface area contributed by atoms with E-state index in [4.69, 9.17) is 5.11 Å². The Balaban J connectivity index is 1.77. The van der Waals surface area contributed by atoms with Gasteiger partial charge in [0.25, 0.3) is 0 Å². The molecule has 1 aromatic carbocycles. The number of carboxylic acid groups (broad SMARTS) is 1. The molecule has 0 aromatic heterocycles. The van der Waals surface area contributed by atoms with Gasteiger partial charge in [-0.25, -0.2) is 4.79 Å². The lowest BCUT2D eigenvalue weighted by Gasteiger charge is -2.37. The van der Waals surface area contributed by atoms with Crippen molar-refractivity contribution in [1.29, 1.82) is 0 Å². The molecule has 1 aliphatic carbocycles. The number of aliphatic carboxylic acids is 1. The van der Waals surface area contributed by atoms with Crippen LogP contribution in [0, 0.1) is 12.3 Å². The second kappa shape index (κ2) is 5.94. The number of carbonyl (C=O) groups excluding carboxylic acids is 1. The molecule has 1 aliphatic rings. The van der Waals surface area contributed by atoms with E-state index in [0.717, 1.165) is 17.5 Å². The van der Waals surface area contributed by atoms with Crippen LogP contribution >= 0.6 is 0 Å². The van der Waals surface area contributed by atoms with Gasteiger partial charge < -0.3 is 15.7 Å². The largest absolute Gasteiger partial charge is 0.481 e. The van der Waals surface area contributed by atoms with Gasteiger partial charge in [0.1, 0.15) is 0 Å². The highest BCUT2D eigenvalue weighted by atomic mass is 16.4. The summed E-state index contributed by atoms with van der Waals surface area (Å²) in [7, 11) is 0. The molecule has 5 nitrogen and oxygen atoms in total. The van der Waals surface area contributed by atoms with Gasteiger partial charge in [-0.2, -0.15) is 0 Å². The van der Waals surface area contributed by atoms with Gasteiger partial charge in [0.15, 0.2) is 0 Å². The molecule has 0 heterocycles. The van der Waals surface area contributed by atoms with E-state index in [2.05, 4.69) is 10.6 Å². The van der Waals surface area contributed by atoms with Crippen LogP contribution in [-0.4, -0.2) is 23.7 Å². The maximum absolute atomic E-state index is 11.7. The Kier molecular flexibility index (Phi) is 4.27. The summed E-state index contributed by atoms with van der Waals surface area (Å²) in [6.45, 7) is 2.63. The molecule has 1 aromatic rings. The minimum Gasteiger partial charge on any atom is -0.481 e. The van der Waals surface area contributed by atoms with Gasteiger partial charge in [0.05, 0.1) is 5.41 Å². The number of urea groups is 1. The molecule has 0 saturated heterocycles. The van der Waals surface area contributed by atoms with E-state index in [1.54, 1.807) is 0 Å². The predicted octanol–water partition coefficient (Wildman–Crippen LogP) is 2.05. The molecule has 5 heteroatoms. The van der Waals surface area contributed by atoms with Gasteiger partial charge in [0.2, 0.25) is 0 Å². The van der Waals surface area contributed by atoms with Crippen LogP contribution in [-0.2, 0) is 11.3 Å². The molecule has 0 unspecified atom stereocenters. The molecule has 1 fully saturated rings. The summed E-state index contributed by atoms with van der Waals surface area (Å²) in [6, 6.07) is 7.57. The number of aryl methyl sites for hydroxylation is 1. The Morgan fingerprint density at radius 3 is 2.60 bits per heavy atom. The first-order valence-corrected chi connectivity index (χ1v) is 6.82. The normalized spacial score (nSPS) is 16.1. The van der Waals surface area contributed by atoms with Crippen LogP contribution in [0.4, 0.5) is 4.79 Å². The van der Waals surface area contributed by atoms with Crippen molar-refractivity contribution < 1.29 is 14.7 Å². The van der Waals surface area contributed by atoms with Crippen molar-refractivity contribution in [2.45, 2.75) is 32.7 Å². The molecular formula is C15H20N2O3. The average molecular weight is 276 g/mol. The van der Waals surface area contributed by atoms with Crippen LogP contribution < -0.4 is 10.6 Å². The van der Waals surface area contributed by atoms with Crippen LogP contribution in [0.1, 0.15) is 30.4 Å². The minimum atomic E-state index is -0.817. The van der Waals surface area contributed by atoms with Crippen LogP contribution in [0.15, 0.2) is 24.3 Å². The van der Waals surface area contributed by atoms with Crippen molar-refractivity contribution in [3.63, 3.8) is 0 Å². The fraction of sp³-hybridized carbons (Fsp3) is 0.467. The first kappa shape index (κ1) is 14.4. The molecule has 108 valence electrons. The number of nitrogens with one attached hydrogen (secondary N) is 2. The van der Waals surface area contributed by atoms with Crippen molar-refractivity contribution in [2.75, 3.05) is 6.54 Å². The third-order valence-electron chi connectivity index (χ3n) is 3.89. The molecule has 1 saturated carbocycles. The first-order valence-electron chi connectivity index (χ1n) is 6.82. The summed E-state index contributed by atoms with van der Waals surface area (Å²) in [4.78, 5) is 22.9. The fourth-order valence-corrected chi connectivity index (χ4v) is 2.39. The molecule has 0 radical (unpaired) electrons. The van der Waals surface area contributed by atoms with Gasteiger partial charge in [0, 0.05) is 13.1 Å². The van der Waals surface area contributed by atoms with E-state index in [1.807, 2.05) is 31.2 Å². The monoisotopic (exact) mass is 276 g/mol. The molecule has 0 atom stereocenters. The van der Waals surface area contributed by atoms with Crippen LogP contribution in [0.3, 0.4) is 0 Å².